The summed E-state index contributed by atoms with van der Waals surface area (Å²) >= 11 is 0. The topological polar surface area (TPSA) is 52.6 Å². The molecule has 0 radical (unpaired) electrons. The van der Waals surface area contributed by atoms with Crippen LogP contribution in [0.5, 0.6) is 11.5 Å². The van der Waals surface area contributed by atoms with Gasteiger partial charge in [0.2, 0.25) is 0 Å². The molecule has 0 aliphatic carbocycles. The van der Waals surface area contributed by atoms with Crippen molar-refractivity contribution in [1.29, 1.82) is 0 Å². The second-order valence-corrected chi connectivity index (χ2v) is 7.40. The van der Waals surface area contributed by atoms with Crippen LogP contribution in [0, 0.1) is 0 Å². The number of ether oxygens (including phenoxy) is 2. The van der Waals surface area contributed by atoms with Crippen LogP contribution in [-0.4, -0.2) is 18.9 Å². The van der Waals surface area contributed by atoms with Gasteiger partial charge in [-0.15, -0.1) is 0 Å². The molecule has 4 nitrogen and oxygen atoms in total. The molecule has 3 aromatic carbocycles. The minimum absolute atomic E-state index is 0.0417. The number of methoxy groups -OCH3 is 1. The summed E-state index contributed by atoms with van der Waals surface area (Å²) in [7, 11) is 1.65. The highest BCUT2D eigenvalue weighted by atomic mass is 16.5. The highest BCUT2D eigenvalue weighted by molar-refractivity contribution is 5.96. The van der Waals surface area contributed by atoms with E-state index in [-0.39, 0.29) is 11.2 Å². The molecule has 0 aliphatic heterocycles. The normalized spacial score (nSPS) is 11.0. The summed E-state index contributed by atoms with van der Waals surface area (Å²) in [6.07, 6.45) is 0. The molecule has 0 amide bonds. The van der Waals surface area contributed by atoms with Crippen molar-refractivity contribution in [2.45, 2.75) is 26.2 Å². The van der Waals surface area contributed by atoms with E-state index in [1.807, 2.05) is 24.3 Å². The second-order valence-electron chi connectivity index (χ2n) is 7.40. The number of esters is 1. The molecule has 0 bridgehead atoms. The maximum absolute atomic E-state index is 12.3. The zero-order valence-corrected chi connectivity index (χ0v) is 17.1. The number of benzene rings is 3. The standard InChI is InChI=1S/C25H24O4/c1-17(26)18-5-7-19(8-6-18)24(27)29-23-15-11-21(12-16-23)25(2,3)20-9-13-22(28-4)14-10-20/h5-16H,1-4H3. The van der Waals surface area contributed by atoms with Crippen LogP contribution >= 0.6 is 0 Å². The second kappa shape index (κ2) is 8.31. The van der Waals surface area contributed by atoms with Crippen molar-refractivity contribution in [2.75, 3.05) is 7.11 Å². The van der Waals surface area contributed by atoms with E-state index in [4.69, 9.17) is 9.47 Å². The maximum Gasteiger partial charge on any atom is 0.343 e. The largest absolute Gasteiger partial charge is 0.497 e. The van der Waals surface area contributed by atoms with Gasteiger partial charge < -0.3 is 9.47 Å². The Labute approximate surface area is 171 Å². The molecule has 0 unspecified atom stereocenters. The molecule has 0 fully saturated rings. The van der Waals surface area contributed by atoms with E-state index in [0.717, 1.165) is 16.9 Å². The van der Waals surface area contributed by atoms with Crippen LogP contribution in [0.1, 0.15) is 52.6 Å². The molecule has 148 valence electrons. The van der Waals surface area contributed by atoms with Crippen LogP contribution < -0.4 is 9.47 Å². The Morgan fingerprint density at radius 2 is 1.14 bits per heavy atom. The summed E-state index contributed by atoms with van der Waals surface area (Å²) in [6.45, 7) is 5.78. The molecule has 4 heteroatoms. The van der Waals surface area contributed by atoms with Crippen molar-refractivity contribution in [2.24, 2.45) is 0 Å². The van der Waals surface area contributed by atoms with Crippen LogP contribution in [-0.2, 0) is 5.41 Å². The molecule has 0 saturated carbocycles. The van der Waals surface area contributed by atoms with Crippen molar-refractivity contribution < 1.29 is 19.1 Å². The van der Waals surface area contributed by atoms with Crippen molar-refractivity contribution in [3.8, 4) is 11.5 Å². The molecule has 0 saturated heterocycles. The molecule has 0 spiro atoms. The number of rotatable bonds is 6. The molecular weight excluding hydrogens is 364 g/mol. The van der Waals surface area contributed by atoms with Gasteiger partial charge in [0.05, 0.1) is 12.7 Å². The van der Waals surface area contributed by atoms with Gasteiger partial charge in [0.25, 0.3) is 0 Å². The van der Waals surface area contributed by atoms with E-state index < -0.39 is 5.97 Å². The summed E-state index contributed by atoms with van der Waals surface area (Å²) in [5.74, 6) is 0.797. The molecule has 0 aliphatic rings. The first-order valence-corrected chi connectivity index (χ1v) is 9.39. The third-order valence-corrected chi connectivity index (χ3v) is 5.13. The highest BCUT2D eigenvalue weighted by Gasteiger charge is 2.23. The maximum atomic E-state index is 12.3. The molecule has 29 heavy (non-hydrogen) atoms. The van der Waals surface area contributed by atoms with Crippen LogP contribution in [0.4, 0.5) is 0 Å². The zero-order chi connectivity index (χ0) is 21.0. The fourth-order valence-electron chi connectivity index (χ4n) is 3.12. The van der Waals surface area contributed by atoms with Crippen LogP contribution in [0.3, 0.4) is 0 Å². The van der Waals surface area contributed by atoms with Gasteiger partial charge in [0.15, 0.2) is 5.78 Å². The lowest BCUT2D eigenvalue weighted by atomic mass is 9.78. The predicted octanol–water partition coefficient (Wildman–Crippen LogP) is 5.44. The van der Waals surface area contributed by atoms with Crippen molar-refractivity contribution in [3.05, 3.63) is 95.1 Å². The summed E-state index contributed by atoms with van der Waals surface area (Å²) in [5.41, 5.74) is 3.02. The van der Waals surface area contributed by atoms with E-state index in [0.29, 0.717) is 16.9 Å². The van der Waals surface area contributed by atoms with E-state index in [1.54, 1.807) is 43.5 Å². The summed E-state index contributed by atoms with van der Waals surface area (Å²) in [5, 5.41) is 0. The Hall–Kier alpha value is -3.40. The minimum atomic E-state index is -0.456. The Bertz CT molecular complexity index is 998. The fourth-order valence-corrected chi connectivity index (χ4v) is 3.12. The highest BCUT2D eigenvalue weighted by Crippen LogP contribution is 2.33. The Kier molecular flexibility index (Phi) is 5.83. The van der Waals surface area contributed by atoms with E-state index in [2.05, 4.69) is 26.0 Å². The lowest BCUT2D eigenvalue weighted by molar-refractivity contribution is 0.0734. The van der Waals surface area contributed by atoms with Crippen molar-refractivity contribution >= 4 is 11.8 Å². The van der Waals surface area contributed by atoms with Gasteiger partial charge in [0.1, 0.15) is 11.5 Å². The van der Waals surface area contributed by atoms with Crippen molar-refractivity contribution in [1.82, 2.24) is 0 Å². The third kappa shape index (κ3) is 4.54. The molecule has 0 aromatic heterocycles. The minimum Gasteiger partial charge on any atom is -0.497 e. The molecule has 0 N–H and O–H groups in total. The van der Waals surface area contributed by atoms with Gasteiger partial charge in [-0.05, 0) is 54.4 Å². The first-order chi connectivity index (χ1) is 13.8. The van der Waals surface area contributed by atoms with Gasteiger partial charge in [-0.2, -0.15) is 0 Å². The predicted molar refractivity (Wildman–Crippen MR) is 113 cm³/mol. The monoisotopic (exact) mass is 388 g/mol. The summed E-state index contributed by atoms with van der Waals surface area (Å²) in [6, 6.07) is 22.0. The summed E-state index contributed by atoms with van der Waals surface area (Å²) in [4.78, 5) is 23.7. The van der Waals surface area contributed by atoms with Crippen LogP contribution in [0.2, 0.25) is 0 Å². The fraction of sp³-hybridized carbons (Fsp3) is 0.200. The van der Waals surface area contributed by atoms with E-state index in [1.165, 1.54) is 6.92 Å². The average Bonchev–Trinajstić information content (AvgIpc) is 2.74. The van der Waals surface area contributed by atoms with Gasteiger partial charge in [-0.25, -0.2) is 4.79 Å². The van der Waals surface area contributed by atoms with Gasteiger partial charge >= 0.3 is 5.97 Å². The molecule has 0 heterocycles. The Balaban J connectivity index is 1.73. The lowest BCUT2D eigenvalue weighted by Crippen LogP contribution is -2.18. The number of carbonyl (C=O) groups excluding carboxylic acids is 2. The number of hydrogen-bond acceptors (Lipinski definition) is 4. The molecule has 3 rings (SSSR count). The Morgan fingerprint density at radius 1 is 0.690 bits per heavy atom. The molecule has 0 atom stereocenters. The average molecular weight is 388 g/mol. The third-order valence-electron chi connectivity index (χ3n) is 5.13. The SMILES string of the molecule is COc1ccc(C(C)(C)c2ccc(OC(=O)c3ccc(C(C)=O)cc3)cc2)cc1. The van der Waals surface area contributed by atoms with Crippen LogP contribution in [0.25, 0.3) is 0 Å². The smallest absolute Gasteiger partial charge is 0.343 e. The van der Waals surface area contributed by atoms with Gasteiger partial charge in [0, 0.05) is 11.0 Å². The zero-order valence-electron chi connectivity index (χ0n) is 17.1. The number of Topliss-reactive ketones (excluding diaryl/α,β-unsaturated/α-hetero) is 1. The van der Waals surface area contributed by atoms with Gasteiger partial charge in [-0.1, -0.05) is 50.2 Å². The number of carbonyl (C=O) groups is 2. The van der Waals surface area contributed by atoms with E-state index in [9.17, 15) is 9.59 Å². The number of ketones is 1. The van der Waals surface area contributed by atoms with Crippen LogP contribution in [0.15, 0.2) is 72.8 Å². The van der Waals surface area contributed by atoms with E-state index >= 15 is 0 Å². The summed E-state index contributed by atoms with van der Waals surface area (Å²) < 4.78 is 10.7. The van der Waals surface area contributed by atoms with Crippen molar-refractivity contribution in [3.63, 3.8) is 0 Å². The first-order valence-electron chi connectivity index (χ1n) is 9.39. The molecule has 3 aromatic rings. The Morgan fingerprint density at radius 3 is 1.59 bits per heavy atom. The number of hydrogen-bond donors (Lipinski definition) is 0. The first kappa shape index (κ1) is 20.3. The molecular formula is C25H24O4. The quantitative estimate of drug-likeness (QED) is 0.320. The lowest BCUT2D eigenvalue weighted by Gasteiger charge is -2.26. The van der Waals surface area contributed by atoms with Gasteiger partial charge in [-0.3, -0.25) is 4.79 Å².